The standard InChI is InChI=1S/C14H22N2OS/c1-11-3-2-6-14(15,9-11)13(17)16-7-4-12-5-8-18-10-12/h5,8,10-11H,2-4,6-7,9,15H2,1H3,(H,16,17). The van der Waals surface area contributed by atoms with E-state index >= 15 is 0 Å². The first kappa shape index (κ1) is 13.6. The molecule has 0 radical (unpaired) electrons. The molecule has 1 aromatic heterocycles. The van der Waals surface area contributed by atoms with Crippen molar-refractivity contribution >= 4 is 17.2 Å². The molecule has 0 bridgehead atoms. The molecule has 1 aliphatic carbocycles. The number of rotatable bonds is 4. The smallest absolute Gasteiger partial charge is 0.240 e. The fraction of sp³-hybridized carbons (Fsp3) is 0.643. The molecule has 3 N–H and O–H groups in total. The van der Waals surface area contributed by atoms with Gasteiger partial charge < -0.3 is 11.1 Å². The van der Waals surface area contributed by atoms with Crippen molar-refractivity contribution in [1.82, 2.24) is 5.32 Å². The molecule has 0 saturated heterocycles. The van der Waals surface area contributed by atoms with Gasteiger partial charge in [0.1, 0.15) is 0 Å². The Kier molecular flexibility index (Phi) is 4.40. The lowest BCUT2D eigenvalue weighted by Crippen LogP contribution is -2.56. The molecule has 0 aromatic carbocycles. The van der Waals surface area contributed by atoms with Gasteiger partial charge in [-0.2, -0.15) is 11.3 Å². The summed E-state index contributed by atoms with van der Waals surface area (Å²) in [6.45, 7) is 2.86. The third kappa shape index (κ3) is 3.33. The van der Waals surface area contributed by atoms with Gasteiger partial charge in [-0.15, -0.1) is 0 Å². The van der Waals surface area contributed by atoms with E-state index in [-0.39, 0.29) is 5.91 Å². The summed E-state index contributed by atoms with van der Waals surface area (Å²) in [5.74, 6) is 0.593. The number of hydrogen-bond donors (Lipinski definition) is 2. The van der Waals surface area contributed by atoms with Gasteiger partial charge >= 0.3 is 0 Å². The van der Waals surface area contributed by atoms with Crippen molar-refractivity contribution in [2.24, 2.45) is 11.7 Å². The van der Waals surface area contributed by atoms with Crippen molar-refractivity contribution in [1.29, 1.82) is 0 Å². The molecule has 18 heavy (non-hydrogen) atoms. The van der Waals surface area contributed by atoms with Crippen LogP contribution in [0.25, 0.3) is 0 Å². The summed E-state index contributed by atoms with van der Waals surface area (Å²) >= 11 is 1.69. The van der Waals surface area contributed by atoms with Crippen LogP contribution in [0.5, 0.6) is 0 Å². The highest BCUT2D eigenvalue weighted by atomic mass is 32.1. The average molecular weight is 266 g/mol. The topological polar surface area (TPSA) is 55.1 Å². The molecule has 100 valence electrons. The van der Waals surface area contributed by atoms with Crippen LogP contribution in [0.1, 0.15) is 38.2 Å². The van der Waals surface area contributed by atoms with Gasteiger partial charge in [0, 0.05) is 6.54 Å². The van der Waals surface area contributed by atoms with Crippen LogP contribution in [0.4, 0.5) is 0 Å². The molecule has 2 atom stereocenters. The normalized spacial score (nSPS) is 28.0. The van der Waals surface area contributed by atoms with Crippen molar-refractivity contribution in [2.45, 2.75) is 44.6 Å². The summed E-state index contributed by atoms with van der Waals surface area (Å²) in [5, 5.41) is 7.17. The summed E-state index contributed by atoms with van der Waals surface area (Å²) in [6, 6.07) is 2.09. The van der Waals surface area contributed by atoms with Gasteiger partial charge in [-0.25, -0.2) is 0 Å². The van der Waals surface area contributed by atoms with Gasteiger partial charge in [0.25, 0.3) is 0 Å². The predicted octanol–water partition coefficient (Wildman–Crippen LogP) is 2.31. The minimum atomic E-state index is -0.633. The lowest BCUT2D eigenvalue weighted by Gasteiger charge is -2.35. The maximum absolute atomic E-state index is 12.2. The molecule has 1 aromatic rings. The van der Waals surface area contributed by atoms with Gasteiger partial charge in [-0.05, 0) is 47.6 Å². The number of hydrogen-bond acceptors (Lipinski definition) is 3. The van der Waals surface area contributed by atoms with Crippen LogP contribution in [0, 0.1) is 5.92 Å². The molecule has 1 saturated carbocycles. The number of thiophene rings is 1. The fourth-order valence-electron chi connectivity index (χ4n) is 2.73. The van der Waals surface area contributed by atoms with Crippen LogP contribution in [-0.2, 0) is 11.2 Å². The summed E-state index contributed by atoms with van der Waals surface area (Å²) < 4.78 is 0. The van der Waals surface area contributed by atoms with E-state index in [4.69, 9.17) is 5.73 Å². The van der Waals surface area contributed by atoms with Gasteiger partial charge in [0.05, 0.1) is 5.54 Å². The van der Waals surface area contributed by atoms with Crippen LogP contribution in [0.2, 0.25) is 0 Å². The maximum Gasteiger partial charge on any atom is 0.240 e. The highest BCUT2D eigenvalue weighted by Gasteiger charge is 2.37. The van der Waals surface area contributed by atoms with Crippen LogP contribution < -0.4 is 11.1 Å². The van der Waals surface area contributed by atoms with E-state index in [9.17, 15) is 4.79 Å². The molecular formula is C14H22N2OS. The molecule has 1 fully saturated rings. The summed E-state index contributed by atoms with van der Waals surface area (Å²) in [7, 11) is 0. The van der Waals surface area contributed by atoms with Crippen LogP contribution in [0.3, 0.4) is 0 Å². The molecule has 2 rings (SSSR count). The summed E-state index contributed by atoms with van der Waals surface area (Å²) in [5.41, 5.74) is 6.89. The zero-order valence-corrected chi connectivity index (χ0v) is 11.8. The largest absolute Gasteiger partial charge is 0.354 e. The maximum atomic E-state index is 12.2. The van der Waals surface area contributed by atoms with Crippen molar-refractivity contribution in [3.05, 3.63) is 22.4 Å². The highest BCUT2D eigenvalue weighted by molar-refractivity contribution is 7.07. The van der Waals surface area contributed by atoms with E-state index in [1.807, 2.05) is 0 Å². The first-order valence-electron chi connectivity index (χ1n) is 6.68. The number of nitrogens with one attached hydrogen (secondary N) is 1. The zero-order chi connectivity index (χ0) is 13.0. The van der Waals surface area contributed by atoms with Gasteiger partial charge in [0.2, 0.25) is 5.91 Å². The molecule has 1 amide bonds. The molecule has 2 unspecified atom stereocenters. The van der Waals surface area contributed by atoms with Crippen molar-refractivity contribution < 1.29 is 4.79 Å². The highest BCUT2D eigenvalue weighted by Crippen LogP contribution is 2.30. The molecule has 3 nitrogen and oxygen atoms in total. The minimum Gasteiger partial charge on any atom is -0.354 e. The lowest BCUT2D eigenvalue weighted by molar-refractivity contribution is -0.128. The van der Waals surface area contributed by atoms with E-state index < -0.39 is 5.54 Å². The Hall–Kier alpha value is -0.870. The monoisotopic (exact) mass is 266 g/mol. The first-order valence-corrected chi connectivity index (χ1v) is 7.63. The SMILES string of the molecule is CC1CCCC(N)(C(=O)NCCc2ccsc2)C1. The van der Waals surface area contributed by atoms with Gasteiger partial charge in [-0.3, -0.25) is 4.79 Å². The molecular weight excluding hydrogens is 244 g/mol. The quantitative estimate of drug-likeness (QED) is 0.878. The van der Waals surface area contributed by atoms with Crippen LogP contribution in [-0.4, -0.2) is 18.0 Å². The Balaban J connectivity index is 1.80. The molecule has 4 heteroatoms. The van der Waals surface area contributed by atoms with E-state index in [1.165, 1.54) is 12.0 Å². The first-order chi connectivity index (χ1) is 8.60. The second kappa shape index (κ2) is 5.85. The van der Waals surface area contributed by atoms with Crippen molar-refractivity contribution in [3.63, 3.8) is 0 Å². The summed E-state index contributed by atoms with van der Waals surface area (Å²) in [6.07, 6.45) is 4.79. The van der Waals surface area contributed by atoms with E-state index in [2.05, 4.69) is 29.1 Å². The Morgan fingerprint density at radius 1 is 1.67 bits per heavy atom. The fourth-order valence-corrected chi connectivity index (χ4v) is 3.43. The number of carbonyl (C=O) groups is 1. The second-order valence-corrected chi connectivity index (χ2v) is 6.28. The molecule has 0 aliphatic heterocycles. The number of carbonyl (C=O) groups excluding carboxylic acids is 1. The van der Waals surface area contributed by atoms with Crippen LogP contribution in [0.15, 0.2) is 16.8 Å². The minimum absolute atomic E-state index is 0.0317. The average Bonchev–Trinajstić information content (AvgIpc) is 2.81. The van der Waals surface area contributed by atoms with Crippen LogP contribution >= 0.6 is 11.3 Å². The third-order valence-electron chi connectivity index (χ3n) is 3.76. The Labute approximate surface area is 113 Å². The predicted molar refractivity (Wildman–Crippen MR) is 75.6 cm³/mol. The van der Waals surface area contributed by atoms with E-state index in [0.29, 0.717) is 12.5 Å². The third-order valence-corrected chi connectivity index (χ3v) is 4.50. The Bertz CT molecular complexity index is 391. The van der Waals surface area contributed by atoms with Gasteiger partial charge in [0.15, 0.2) is 0 Å². The van der Waals surface area contributed by atoms with E-state index in [1.54, 1.807) is 11.3 Å². The van der Waals surface area contributed by atoms with Gasteiger partial charge in [-0.1, -0.05) is 19.8 Å². The summed E-state index contributed by atoms with van der Waals surface area (Å²) in [4.78, 5) is 12.2. The number of amides is 1. The Morgan fingerprint density at radius 2 is 2.50 bits per heavy atom. The molecule has 1 aliphatic rings. The molecule has 0 spiro atoms. The zero-order valence-electron chi connectivity index (χ0n) is 10.9. The number of nitrogens with two attached hydrogens (primary N) is 1. The lowest BCUT2D eigenvalue weighted by atomic mass is 9.76. The second-order valence-electron chi connectivity index (χ2n) is 5.50. The van der Waals surface area contributed by atoms with Crippen molar-refractivity contribution in [2.75, 3.05) is 6.54 Å². The molecule has 1 heterocycles. The van der Waals surface area contributed by atoms with Crippen molar-refractivity contribution in [3.8, 4) is 0 Å². The van der Waals surface area contributed by atoms with E-state index in [0.717, 1.165) is 25.7 Å². The Morgan fingerprint density at radius 3 is 3.17 bits per heavy atom.